The van der Waals surface area contributed by atoms with Gasteiger partial charge in [-0.1, -0.05) is 38.8 Å². The van der Waals surface area contributed by atoms with E-state index >= 15 is 0 Å². The number of aromatic nitrogens is 8. The average Bonchev–Trinajstić information content (AvgIpc) is 3.51. The van der Waals surface area contributed by atoms with E-state index in [2.05, 4.69) is 99.8 Å². The molecule has 0 saturated carbocycles. The van der Waals surface area contributed by atoms with Crippen LogP contribution >= 0.6 is 31.9 Å². The normalized spacial score (nSPS) is 11.4. The number of H-pyrrole nitrogens is 1. The minimum atomic E-state index is 0.592. The maximum absolute atomic E-state index is 4.82. The molecule has 4 aromatic rings. The zero-order valence-electron chi connectivity index (χ0n) is 18.2. The molecule has 1 N–H and O–H groups in total. The Morgan fingerprint density at radius 1 is 1.00 bits per heavy atom. The Morgan fingerprint density at radius 3 is 2.44 bits per heavy atom. The number of rotatable bonds is 10. The predicted molar refractivity (Wildman–Crippen MR) is 131 cm³/mol. The van der Waals surface area contributed by atoms with Gasteiger partial charge < -0.3 is 0 Å². The van der Waals surface area contributed by atoms with Crippen LogP contribution in [0.4, 0.5) is 0 Å². The molecule has 1 aromatic carbocycles. The molecule has 0 radical (unpaired) electrons. The third kappa shape index (κ3) is 5.01. The molecule has 168 valence electrons. The quantitative estimate of drug-likeness (QED) is 0.276. The van der Waals surface area contributed by atoms with Crippen molar-refractivity contribution in [3.05, 3.63) is 56.6 Å². The maximum atomic E-state index is 4.82. The fourth-order valence-electron chi connectivity index (χ4n) is 3.62. The van der Waals surface area contributed by atoms with Gasteiger partial charge in [0, 0.05) is 23.0 Å². The number of nitrogens with one attached hydrogen (secondary N) is 1. The van der Waals surface area contributed by atoms with Crippen LogP contribution in [0.15, 0.2) is 39.4 Å². The molecule has 0 aliphatic rings. The highest BCUT2D eigenvalue weighted by Crippen LogP contribution is 2.35. The molecule has 3 heterocycles. The third-order valence-corrected chi connectivity index (χ3v) is 6.49. The number of unbranched alkanes of at least 4 members (excludes halogenated alkanes) is 2. The van der Waals surface area contributed by atoms with Crippen molar-refractivity contribution < 1.29 is 0 Å². The molecule has 0 fully saturated rings. The van der Waals surface area contributed by atoms with Gasteiger partial charge >= 0.3 is 0 Å². The summed E-state index contributed by atoms with van der Waals surface area (Å²) >= 11 is 7.26. The van der Waals surface area contributed by atoms with Crippen LogP contribution in [0.5, 0.6) is 0 Å². The standard InChI is InChI=1S/C22H26Br2N8/c1-3-5-7-19-25-20(8-6-4-2)31(28-19)14-15-9-11-16(12-10-15)32-18(24)13-17(23)21(32)22-26-29-30-27-22/h9-13H,3-8,14H2,1-2H3,(H,26,27,29,30). The van der Waals surface area contributed by atoms with Gasteiger partial charge in [0.2, 0.25) is 0 Å². The van der Waals surface area contributed by atoms with Crippen LogP contribution in [-0.2, 0) is 19.4 Å². The maximum Gasteiger partial charge on any atom is 0.197 e. The smallest absolute Gasteiger partial charge is 0.197 e. The number of aromatic amines is 1. The summed E-state index contributed by atoms with van der Waals surface area (Å²) in [5, 5.41) is 19.1. The second-order valence-corrected chi connectivity index (χ2v) is 9.39. The molecule has 0 unspecified atom stereocenters. The molecular weight excluding hydrogens is 536 g/mol. The summed E-state index contributed by atoms with van der Waals surface area (Å²) in [7, 11) is 0. The fraction of sp³-hybridized carbons (Fsp3) is 0.409. The van der Waals surface area contributed by atoms with Crippen molar-refractivity contribution in [1.82, 2.24) is 40.0 Å². The zero-order chi connectivity index (χ0) is 22.5. The molecule has 4 rings (SSSR count). The van der Waals surface area contributed by atoms with Crippen LogP contribution in [0.25, 0.3) is 17.2 Å². The Hall–Kier alpha value is -2.33. The van der Waals surface area contributed by atoms with Crippen LogP contribution in [-0.4, -0.2) is 40.0 Å². The summed E-state index contributed by atoms with van der Waals surface area (Å²) in [5.41, 5.74) is 3.04. The molecule has 10 heteroatoms. The number of aryl methyl sites for hydroxylation is 2. The molecule has 0 bridgehead atoms. The van der Waals surface area contributed by atoms with Crippen molar-refractivity contribution in [1.29, 1.82) is 0 Å². The Balaban J connectivity index is 1.59. The molecule has 0 atom stereocenters. The van der Waals surface area contributed by atoms with E-state index in [1.165, 1.54) is 5.56 Å². The molecule has 8 nitrogen and oxygen atoms in total. The Labute approximate surface area is 204 Å². The van der Waals surface area contributed by atoms with Crippen molar-refractivity contribution in [2.24, 2.45) is 0 Å². The number of halogens is 2. The molecule has 0 aliphatic carbocycles. The molecule has 32 heavy (non-hydrogen) atoms. The lowest BCUT2D eigenvalue weighted by Gasteiger charge is -2.11. The first-order valence-corrected chi connectivity index (χ1v) is 12.5. The van der Waals surface area contributed by atoms with E-state index in [1.54, 1.807) is 0 Å². The zero-order valence-corrected chi connectivity index (χ0v) is 21.4. The average molecular weight is 562 g/mol. The number of hydrogen-bond acceptors (Lipinski definition) is 5. The van der Waals surface area contributed by atoms with Crippen molar-refractivity contribution in [3.8, 4) is 17.2 Å². The van der Waals surface area contributed by atoms with E-state index in [0.717, 1.165) is 70.6 Å². The molecule has 0 aliphatic heterocycles. The summed E-state index contributed by atoms with van der Waals surface area (Å²) < 4.78 is 5.93. The fourth-order valence-corrected chi connectivity index (χ4v) is 5.12. The van der Waals surface area contributed by atoms with E-state index in [0.29, 0.717) is 12.4 Å². The highest BCUT2D eigenvalue weighted by atomic mass is 79.9. The Kier molecular flexibility index (Phi) is 7.51. The highest BCUT2D eigenvalue weighted by Gasteiger charge is 2.18. The number of benzene rings is 1. The first-order valence-electron chi connectivity index (χ1n) is 10.9. The lowest BCUT2D eigenvalue weighted by Crippen LogP contribution is -2.07. The monoisotopic (exact) mass is 560 g/mol. The van der Waals surface area contributed by atoms with E-state index in [-0.39, 0.29) is 0 Å². The SMILES string of the molecule is CCCCc1nc(CCCC)n(Cc2ccc(-n3c(Br)cc(Br)c3-c3nnn[nH]3)cc2)n1. The Bertz CT molecular complexity index is 1150. The van der Waals surface area contributed by atoms with Crippen molar-refractivity contribution in [2.75, 3.05) is 0 Å². The largest absolute Gasteiger partial charge is 0.300 e. The third-order valence-electron chi connectivity index (χ3n) is 5.31. The second-order valence-electron chi connectivity index (χ2n) is 7.72. The number of hydrogen-bond donors (Lipinski definition) is 1. The van der Waals surface area contributed by atoms with Gasteiger partial charge in [-0.05, 0) is 78.9 Å². The van der Waals surface area contributed by atoms with E-state index < -0.39 is 0 Å². The molecule has 3 aromatic heterocycles. The van der Waals surface area contributed by atoms with Crippen molar-refractivity contribution >= 4 is 31.9 Å². The minimum absolute atomic E-state index is 0.592. The summed E-state index contributed by atoms with van der Waals surface area (Å²) in [4.78, 5) is 4.82. The van der Waals surface area contributed by atoms with Crippen LogP contribution in [0.3, 0.4) is 0 Å². The molecular formula is C22H26Br2N8. The summed E-state index contributed by atoms with van der Waals surface area (Å²) in [6.45, 7) is 5.12. The lowest BCUT2D eigenvalue weighted by atomic mass is 10.2. The first-order chi connectivity index (χ1) is 15.6. The van der Waals surface area contributed by atoms with Gasteiger partial charge in [-0.25, -0.2) is 14.8 Å². The summed E-state index contributed by atoms with van der Waals surface area (Å²) in [6, 6.07) is 10.4. The first kappa shape index (κ1) is 22.8. The summed E-state index contributed by atoms with van der Waals surface area (Å²) in [5.74, 6) is 2.63. The van der Waals surface area contributed by atoms with Crippen LogP contribution in [0, 0.1) is 0 Å². The second kappa shape index (κ2) is 10.5. The minimum Gasteiger partial charge on any atom is -0.300 e. The van der Waals surface area contributed by atoms with Crippen LogP contribution in [0.1, 0.15) is 56.7 Å². The van der Waals surface area contributed by atoms with Crippen LogP contribution < -0.4 is 0 Å². The van der Waals surface area contributed by atoms with Gasteiger partial charge in [-0.2, -0.15) is 5.10 Å². The highest BCUT2D eigenvalue weighted by molar-refractivity contribution is 9.11. The molecule has 0 spiro atoms. The van der Waals surface area contributed by atoms with Gasteiger partial charge in [0.25, 0.3) is 0 Å². The van der Waals surface area contributed by atoms with Crippen LogP contribution in [0.2, 0.25) is 0 Å². The van der Waals surface area contributed by atoms with Gasteiger partial charge in [-0.3, -0.25) is 4.57 Å². The van der Waals surface area contributed by atoms with Gasteiger partial charge in [0.1, 0.15) is 11.5 Å². The van der Waals surface area contributed by atoms with E-state index in [4.69, 9.17) is 10.1 Å². The predicted octanol–water partition coefficient (Wildman–Crippen LogP) is 5.51. The lowest BCUT2D eigenvalue weighted by molar-refractivity contribution is 0.612. The van der Waals surface area contributed by atoms with Crippen molar-refractivity contribution in [3.63, 3.8) is 0 Å². The van der Waals surface area contributed by atoms with Gasteiger partial charge in [0.05, 0.1) is 11.1 Å². The number of nitrogens with zero attached hydrogens (tertiary/aromatic N) is 7. The van der Waals surface area contributed by atoms with Gasteiger partial charge in [0.15, 0.2) is 11.6 Å². The molecule has 0 amide bonds. The van der Waals surface area contributed by atoms with E-state index in [9.17, 15) is 0 Å². The summed E-state index contributed by atoms with van der Waals surface area (Å²) in [6.07, 6.45) is 6.45. The van der Waals surface area contributed by atoms with E-state index in [1.807, 2.05) is 6.07 Å². The Morgan fingerprint density at radius 2 is 1.75 bits per heavy atom. The molecule has 0 saturated heterocycles. The van der Waals surface area contributed by atoms with Gasteiger partial charge in [-0.15, -0.1) is 5.10 Å². The topological polar surface area (TPSA) is 90.1 Å². The number of tetrazole rings is 1. The van der Waals surface area contributed by atoms with Crippen molar-refractivity contribution in [2.45, 2.75) is 58.9 Å².